The monoisotopic (exact) mass is 364 g/mol. The Bertz CT molecular complexity index is 668. The standard InChI is InChI=1S/C19H25FN2O4/c1-25-17-4-3-13(7-16(17)20)8-21-9-14-11-22(12-15(14)10-21)18(23)5-6-19(24)26-2/h3-4,7,14-15H,5-6,8-12H2,1-2H3/t14-,15+. The van der Waals surface area contributed by atoms with E-state index in [1.54, 1.807) is 6.07 Å². The quantitative estimate of drug-likeness (QED) is 0.719. The molecule has 1 aromatic rings. The molecule has 2 heterocycles. The summed E-state index contributed by atoms with van der Waals surface area (Å²) >= 11 is 0. The molecule has 0 unspecified atom stereocenters. The minimum atomic E-state index is -0.351. The molecule has 0 bridgehead atoms. The number of hydrogen-bond donors (Lipinski definition) is 0. The van der Waals surface area contributed by atoms with Gasteiger partial charge in [0.25, 0.3) is 0 Å². The van der Waals surface area contributed by atoms with Gasteiger partial charge in [-0.05, 0) is 29.5 Å². The Hall–Kier alpha value is -2.15. The van der Waals surface area contributed by atoms with Crippen molar-refractivity contribution in [3.8, 4) is 5.75 Å². The summed E-state index contributed by atoms with van der Waals surface area (Å²) in [6, 6.07) is 5.07. The van der Waals surface area contributed by atoms with Crippen molar-refractivity contribution in [1.82, 2.24) is 9.80 Å². The Morgan fingerprint density at radius 1 is 1.12 bits per heavy atom. The molecule has 1 amide bonds. The van der Waals surface area contributed by atoms with E-state index in [-0.39, 0.29) is 36.3 Å². The van der Waals surface area contributed by atoms with Crippen LogP contribution in [0.4, 0.5) is 4.39 Å². The number of ether oxygens (including phenoxy) is 2. The van der Waals surface area contributed by atoms with Gasteiger partial charge in [0.15, 0.2) is 11.6 Å². The minimum Gasteiger partial charge on any atom is -0.494 e. The average molecular weight is 364 g/mol. The van der Waals surface area contributed by atoms with Gasteiger partial charge in [-0.3, -0.25) is 14.5 Å². The van der Waals surface area contributed by atoms with E-state index < -0.39 is 0 Å². The van der Waals surface area contributed by atoms with Crippen LogP contribution in [0.25, 0.3) is 0 Å². The molecule has 2 aliphatic heterocycles. The van der Waals surface area contributed by atoms with Crippen LogP contribution in [0.1, 0.15) is 18.4 Å². The second-order valence-electron chi connectivity index (χ2n) is 7.06. The Morgan fingerprint density at radius 2 is 1.81 bits per heavy atom. The number of amides is 1. The molecular weight excluding hydrogens is 339 g/mol. The van der Waals surface area contributed by atoms with Gasteiger partial charge in [0.05, 0.1) is 20.6 Å². The lowest BCUT2D eigenvalue weighted by molar-refractivity contribution is -0.143. The fourth-order valence-corrected chi connectivity index (χ4v) is 3.96. The van der Waals surface area contributed by atoms with E-state index in [1.807, 2.05) is 11.0 Å². The van der Waals surface area contributed by atoms with Crippen LogP contribution in [0.5, 0.6) is 5.75 Å². The van der Waals surface area contributed by atoms with Crippen LogP contribution in [0.2, 0.25) is 0 Å². The molecule has 26 heavy (non-hydrogen) atoms. The predicted molar refractivity (Wildman–Crippen MR) is 93.0 cm³/mol. The summed E-state index contributed by atoms with van der Waals surface area (Å²) in [4.78, 5) is 27.6. The summed E-state index contributed by atoms with van der Waals surface area (Å²) < 4.78 is 23.4. The van der Waals surface area contributed by atoms with Crippen LogP contribution in [0.15, 0.2) is 18.2 Å². The number of rotatable bonds is 6. The first-order chi connectivity index (χ1) is 12.5. The molecule has 0 N–H and O–H groups in total. The molecule has 1 aromatic carbocycles. The minimum absolute atomic E-state index is 0.0218. The normalized spacial score (nSPS) is 22.3. The van der Waals surface area contributed by atoms with Gasteiger partial charge in [-0.1, -0.05) is 6.07 Å². The lowest BCUT2D eigenvalue weighted by atomic mass is 10.0. The van der Waals surface area contributed by atoms with Crippen LogP contribution in [0, 0.1) is 17.7 Å². The van der Waals surface area contributed by atoms with E-state index >= 15 is 0 Å². The highest BCUT2D eigenvalue weighted by molar-refractivity contribution is 5.81. The highest BCUT2D eigenvalue weighted by Gasteiger charge is 2.41. The number of likely N-dealkylation sites (tertiary alicyclic amines) is 2. The number of benzene rings is 1. The lowest BCUT2D eigenvalue weighted by Gasteiger charge is -2.21. The first kappa shape index (κ1) is 18.6. The molecule has 0 spiro atoms. The van der Waals surface area contributed by atoms with Crippen LogP contribution >= 0.6 is 0 Å². The molecule has 2 atom stereocenters. The topological polar surface area (TPSA) is 59.1 Å². The van der Waals surface area contributed by atoms with Crippen molar-refractivity contribution in [2.75, 3.05) is 40.4 Å². The number of carbonyl (C=O) groups is 2. The van der Waals surface area contributed by atoms with Crippen molar-refractivity contribution in [3.05, 3.63) is 29.6 Å². The summed E-state index contributed by atoms with van der Waals surface area (Å²) in [6.45, 7) is 3.97. The predicted octanol–water partition coefficient (Wildman–Crippen LogP) is 1.68. The first-order valence-electron chi connectivity index (χ1n) is 8.89. The average Bonchev–Trinajstić information content (AvgIpc) is 3.18. The molecule has 6 nitrogen and oxygen atoms in total. The number of nitrogens with zero attached hydrogens (tertiary/aromatic N) is 2. The Labute approximate surface area is 152 Å². The van der Waals surface area contributed by atoms with Crippen molar-refractivity contribution in [2.24, 2.45) is 11.8 Å². The van der Waals surface area contributed by atoms with Crippen LogP contribution in [-0.4, -0.2) is 62.1 Å². The van der Waals surface area contributed by atoms with Crippen molar-refractivity contribution in [1.29, 1.82) is 0 Å². The molecule has 3 rings (SSSR count). The highest BCUT2D eigenvalue weighted by atomic mass is 19.1. The van der Waals surface area contributed by atoms with Gasteiger partial charge in [0.2, 0.25) is 5.91 Å². The smallest absolute Gasteiger partial charge is 0.306 e. The second kappa shape index (κ2) is 8.03. The van der Waals surface area contributed by atoms with Crippen molar-refractivity contribution < 1.29 is 23.5 Å². The Balaban J connectivity index is 1.48. The molecule has 0 radical (unpaired) electrons. The molecule has 0 saturated carbocycles. The lowest BCUT2D eigenvalue weighted by Crippen LogP contribution is -2.33. The zero-order valence-electron chi connectivity index (χ0n) is 15.2. The van der Waals surface area contributed by atoms with Crippen LogP contribution in [-0.2, 0) is 20.9 Å². The van der Waals surface area contributed by atoms with Gasteiger partial charge in [0, 0.05) is 39.1 Å². The molecule has 0 aliphatic carbocycles. The Morgan fingerprint density at radius 3 is 2.38 bits per heavy atom. The molecule has 142 valence electrons. The van der Waals surface area contributed by atoms with Gasteiger partial charge in [-0.2, -0.15) is 0 Å². The summed E-state index contributed by atoms with van der Waals surface area (Å²) in [7, 11) is 2.79. The Kier molecular flexibility index (Phi) is 5.76. The van der Waals surface area contributed by atoms with E-state index in [0.29, 0.717) is 18.4 Å². The van der Waals surface area contributed by atoms with E-state index in [4.69, 9.17) is 4.74 Å². The maximum absolute atomic E-state index is 13.8. The summed E-state index contributed by atoms with van der Waals surface area (Å²) in [5.41, 5.74) is 0.925. The summed E-state index contributed by atoms with van der Waals surface area (Å²) in [5, 5.41) is 0. The van der Waals surface area contributed by atoms with Gasteiger partial charge in [-0.15, -0.1) is 0 Å². The SMILES string of the molecule is COC(=O)CCC(=O)N1C[C@H]2CN(Cc3ccc(OC)c(F)c3)C[C@H]2C1. The maximum Gasteiger partial charge on any atom is 0.306 e. The highest BCUT2D eigenvalue weighted by Crippen LogP contribution is 2.32. The first-order valence-corrected chi connectivity index (χ1v) is 8.89. The van der Waals surface area contributed by atoms with Gasteiger partial charge in [-0.25, -0.2) is 4.39 Å². The third kappa shape index (κ3) is 4.15. The van der Waals surface area contributed by atoms with Gasteiger partial charge >= 0.3 is 5.97 Å². The number of halogens is 1. The summed E-state index contributed by atoms with van der Waals surface area (Å²) in [6.07, 6.45) is 0.345. The molecular formula is C19H25FN2O4. The molecule has 2 saturated heterocycles. The number of fused-ring (bicyclic) bond motifs is 1. The largest absolute Gasteiger partial charge is 0.494 e. The number of esters is 1. The van der Waals surface area contributed by atoms with E-state index in [1.165, 1.54) is 20.3 Å². The molecule has 2 aliphatic rings. The van der Waals surface area contributed by atoms with Crippen molar-refractivity contribution >= 4 is 11.9 Å². The molecule has 7 heteroatoms. The van der Waals surface area contributed by atoms with Crippen molar-refractivity contribution in [3.63, 3.8) is 0 Å². The zero-order valence-corrected chi connectivity index (χ0v) is 15.2. The number of methoxy groups -OCH3 is 2. The van der Waals surface area contributed by atoms with Crippen LogP contribution in [0.3, 0.4) is 0 Å². The number of hydrogen-bond acceptors (Lipinski definition) is 5. The summed E-state index contributed by atoms with van der Waals surface area (Å²) in [5.74, 6) is 0.476. The third-order valence-electron chi connectivity index (χ3n) is 5.31. The fraction of sp³-hybridized carbons (Fsp3) is 0.579. The van der Waals surface area contributed by atoms with E-state index in [9.17, 15) is 14.0 Å². The molecule has 2 fully saturated rings. The van der Waals surface area contributed by atoms with Gasteiger partial charge in [0.1, 0.15) is 0 Å². The zero-order chi connectivity index (χ0) is 18.7. The van der Waals surface area contributed by atoms with Crippen molar-refractivity contribution in [2.45, 2.75) is 19.4 Å². The number of carbonyl (C=O) groups excluding carboxylic acids is 2. The molecule has 0 aromatic heterocycles. The van der Waals surface area contributed by atoms with Gasteiger partial charge < -0.3 is 14.4 Å². The van der Waals surface area contributed by atoms with E-state index in [2.05, 4.69) is 9.64 Å². The maximum atomic E-state index is 13.8. The third-order valence-corrected chi connectivity index (χ3v) is 5.31. The van der Waals surface area contributed by atoms with E-state index in [0.717, 1.165) is 31.7 Å². The van der Waals surface area contributed by atoms with Crippen LogP contribution < -0.4 is 4.74 Å². The fourth-order valence-electron chi connectivity index (χ4n) is 3.96. The second-order valence-corrected chi connectivity index (χ2v) is 7.06.